The molecular formula is C18H19Br2N3O6. The van der Waals surface area contributed by atoms with Crippen LogP contribution in [0.1, 0.15) is 18.6 Å². The lowest BCUT2D eigenvalue weighted by Crippen LogP contribution is -2.37. The molecule has 0 aromatic carbocycles. The highest BCUT2D eigenvalue weighted by Crippen LogP contribution is 2.60. The summed E-state index contributed by atoms with van der Waals surface area (Å²) in [6.45, 7) is 1.16. The first-order valence-corrected chi connectivity index (χ1v) is 11.1. The molecule has 1 aromatic heterocycles. The molecule has 3 fully saturated rings. The third-order valence-corrected chi connectivity index (χ3v) is 9.08. The van der Waals surface area contributed by atoms with Gasteiger partial charge in [0.05, 0.1) is 18.3 Å². The van der Waals surface area contributed by atoms with Gasteiger partial charge in [-0.05, 0) is 25.2 Å². The number of fused-ring (bicyclic) bond motifs is 5. The number of ether oxygens (including phenoxy) is 1. The Kier molecular flexibility index (Phi) is 5.54. The van der Waals surface area contributed by atoms with Crippen LogP contribution in [0.4, 0.5) is 5.82 Å². The quantitative estimate of drug-likeness (QED) is 0.336. The highest BCUT2D eigenvalue weighted by molar-refractivity contribution is 9.12. The van der Waals surface area contributed by atoms with Gasteiger partial charge in [-0.15, -0.1) is 0 Å². The van der Waals surface area contributed by atoms with Crippen molar-refractivity contribution in [3.05, 3.63) is 11.8 Å². The second kappa shape index (κ2) is 7.82. The lowest BCUT2D eigenvalue weighted by Gasteiger charge is -2.28. The van der Waals surface area contributed by atoms with Gasteiger partial charge >= 0.3 is 5.97 Å². The lowest BCUT2D eigenvalue weighted by atomic mass is 9.81. The molecule has 1 aromatic rings. The van der Waals surface area contributed by atoms with Crippen LogP contribution < -0.4 is 5.32 Å². The van der Waals surface area contributed by atoms with Crippen LogP contribution in [0, 0.1) is 30.6 Å². The number of imide groups is 1. The van der Waals surface area contributed by atoms with Crippen molar-refractivity contribution in [2.45, 2.75) is 29.4 Å². The Morgan fingerprint density at radius 1 is 1.24 bits per heavy atom. The Balaban J connectivity index is 1.26. The predicted octanol–water partition coefficient (Wildman–Crippen LogP) is 1.63. The predicted molar refractivity (Wildman–Crippen MR) is 106 cm³/mol. The van der Waals surface area contributed by atoms with Gasteiger partial charge in [0.2, 0.25) is 11.8 Å². The second-order valence-electron chi connectivity index (χ2n) is 7.61. The molecule has 156 valence electrons. The van der Waals surface area contributed by atoms with Crippen molar-refractivity contribution in [3.8, 4) is 0 Å². The number of amides is 3. The van der Waals surface area contributed by atoms with Crippen molar-refractivity contribution in [1.29, 1.82) is 0 Å². The number of likely N-dealkylation sites (tertiary alicyclic amines) is 1. The maximum Gasteiger partial charge on any atom is 0.308 e. The molecule has 0 radical (unpaired) electrons. The van der Waals surface area contributed by atoms with Crippen molar-refractivity contribution in [2.24, 2.45) is 23.7 Å². The highest BCUT2D eigenvalue weighted by Gasteiger charge is 2.66. The number of hydrogen-bond donors (Lipinski definition) is 1. The smallest absolute Gasteiger partial charge is 0.308 e. The number of alkyl halides is 2. The molecule has 2 saturated carbocycles. The zero-order chi connectivity index (χ0) is 20.9. The number of nitrogens with zero attached hydrogens (tertiary/aromatic N) is 2. The van der Waals surface area contributed by atoms with Crippen LogP contribution in [-0.2, 0) is 23.9 Å². The maximum absolute atomic E-state index is 12.8. The molecule has 0 unspecified atom stereocenters. The Hall–Kier alpha value is -1.75. The molecule has 1 aliphatic heterocycles. The first-order chi connectivity index (χ1) is 13.8. The third-order valence-electron chi connectivity index (χ3n) is 5.88. The first-order valence-electron chi connectivity index (χ1n) is 9.30. The molecule has 9 nitrogen and oxygen atoms in total. The fraction of sp³-hybridized carbons (Fsp3) is 0.611. The number of anilines is 1. The molecule has 29 heavy (non-hydrogen) atoms. The zero-order valence-electron chi connectivity index (χ0n) is 15.5. The first kappa shape index (κ1) is 20.5. The highest BCUT2D eigenvalue weighted by atomic mass is 79.9. The Morgan fingerprint density at radius 3 is 2.41 bits per heavy atom. The van der Waals surface area contributed by atoms with Crippen LogP contribution in [-0.4, -0.2) is 56.6 Å². The van der Waals surface area contributed by atoms with Gasteiger partial charge in [0.25, 0.3) is 5.91 Å². The average Bonchev–Trinajstić information content (AvgIpc) is 3.39. The molecule has 1 saturated heterocycles. The van der Waals surface area contributed by atoms with Crippen LogP contribution in [0.25, 0.3) is 0 Å². The Bertz CT molecular complexity index is 842. The molecule has 0 spiro atoms. The minimum Gasteiger partial charge on any atom is -0.456 e. The van der Waals surface area contributed by atoms with E-state index in [0.717, 1.165) is 6.42 Å². The number of carbonyl (C=O) groups is 4. The molecule has 2 bridgehead atoms. The van der Waals surface area contributed by atoms with Crippen LogP contribution in [0.5, 0.6) is 0 Å². The van der Waals surface area contributed by atoms with Gasteiger partial charge in [-0.2, -0.15) is 0 Å². The van der Waals surface area contributed by atoms with Crippen molar-refractivity contribution in [3.63, 3.8) is 0 Å². The lowest BCUT2D eigenvalue weighted by molar-refractivity contribution is -0.149. The Morgan fingerprint density at radius 2 is 1.86 bits per heavy atom. The van der Waals surface area contributed by atoms with Crippen LogP contribution in [0.2, 0.25) is 0 Å². The minimum atomic E-state index is -0.658. The Labute approximate surface area is 183 Å². The number of esters is 1. The summed E-state index contributed by atoms with van der Waals surface area (Å²) in [7, 11) is 0. The summed E-state index contributed by atoms with van der Waals surface area (Å²) >= 11 is 7.27. The molecular weight excluding hydrogens is 514 g/mol. The third kappa shape index (κ3) is 3.63. The van der Waals surface area contributed by atoms with Gasteiger partial charge in [-0.1, -0.05) is 37.0 Å². The van der Waals surface area contributed by atoms with Crippen LogP contribution in [0.15, 0.2) is 10.6 Å². The normalized spacial score (nSPS) is 32.6. The van der Waals surface area contributed by atoms with Crippen molar-refractivity contribution < 1.29 is 28.4 Å². The van der Waals surface area contributed by atoms with Gasteiger partial charge in [-0.25, -0.2) is 0 Å². The van der Waals surface area contributed by atoms with E-state index in [-0.39, 0.29) is 63.9 Å². The number of aryl methyl sites for hydroxylation is 1. The molecule has 1 N–H and O–H groups in total. The van der Waals surface area contributed by atoms with E-state index in [2.05, 4.69) is 42.3 Å². The topological polar surface area (TPSA) is 119 Å². The van der Waals surface area contributed by atoms with E-state index in [1.54, 1.807) is 6.92 Å². The van der Waals surface area contributed by atoms with Gasteiger partial charge in [0.15, 0.2) is 12.4 Å². The SMILES string of the molecule is Cc1cc(NC(=O)COC(=O)CCN2C(=O)[C@@H]3[C@H]4C[C@@H]([C@H](Br)[C@H]4Br)[C@@H]3C2=O)no1. The van der Waals surface area contributed by atoms with Gasteiger partial charge in [-0.3, -0.25) is 24.1 Å². The molecule has 2 aliphatic carbocycles. The summed E-state index contributed by atoms with van der Waals surface area (Å²) in [5.74, 6) is -1.21. The monoisotopic (exact) mass is 531 g/mol. The second-order valence-corrected chi connectivity index (χ2v) is 9.73. The minimum absolute atomic E-state index is 0.0348. The number of rotatable bonds is 6. The fourth-order valence-corrected chi connectivity index (χ4v) is 6.53. The standard InChI is InChI=1S/C18H19Br2N3O6/c1-7-4-10(22-29-7)21-11(24)6-28-12(25)2-3-23-17(26)13-8-5-9(14(13)18(23)27)16(20)15(8)19/h4,8-9,13-16H,2-3,5-6H2,1H3,(H,21,22,24)/t8-,9-,13-,14+,15+,16+/m1/s1. The van der Waals surface area contributed by atoms with E-state index in [4.69, 9.17) is 9.26 Å². The summed E-state index contributed by atoms with van der Waals surface area (Å²) in [5.41, 5.74) is 0. The summed E-state index contributed by atoms with van der Waals surface area (Å²) in [6, 6.07) is 1.53. The van der Waals surface area contributed by atoms with E-state index in [9.17, 15) is 19.2 Å². The van der Waals surface area contributed by atoms with Gasteiger partial charge in [0, 0.05) is 22.3 Å². The maximum atomic E-state index is 12.8. The summed E-state index contributed by atoms with van der Waals surface area (Å²) in [6.07, 6.45) is 0.701. The molecule has 3 aliphatic rings. The van der Waals surface area contributed by atoms with Crippen molar-refractivity contribution in [2.75, 3.05) is 18.5 Å². The number of hydrogen-bond acceptors (Lipinski definition) is 7. The molecule has 3 amide bonds. The molecule has 4 rings (SSSR count). The zero-order valence-corrected chi connectivity index (χ0v) is 18.6. The van der Waals surface area contributed by atoms with Crippen molar-refractivity contribution in [1.82, 2.24) is 10.1 Å². The van der Waals surface area contributed by atoms with E-state index in [1.807, 2.05) is 0 Å². The van der Waals surface area contributed by atoms with E-state index in [1.165, 1.54) is 11.0 Å². The van der Waals surface area contributed by atoms with Gasteiger partial charge < -0.3 is 14.6 Å². The van der Waals surface area contributed by atoms with Crippen molar-refractivity contribution >= 4 is 61.4 Å². The number of nitrogens with one attached hydrogen (secondary N) is 1. The average molecular weight is 533 g/mol. The fourth-order valence-electron chi connectivity index (χ4n) is 4.66. The van der Waals surface area contributed by atoms with E-state index in [0.29, 0.717) is 5.76 Å². The summed E-state index contributed by atoms with van der Waals surface area (Å²) in [5, 5.41) is 6.04. The molecule has 11 heteroatoms. The molecule has 6 atom stereocenters. The number of carbonyl (C=O) groups excluding carboxylic acids is 4. The summed E-state index contributed by atoms with van der Waals surface area (Å²) < 4.78 is 9.75. The number of halogens is 2. The van der Waals surface area contributed by atoms with E-state index >= 15 is 0 Å². The summed E-state index contributed by atoms with van der Waals surface area (Å²) in [4.78, 5) is 50.8. The van der Waals surface area contributed by atoms with Gasteiger partial charge in [0.1, 0.15) is 5.76 Å². The molecule has 2 heterocycles. The largest absolute Gasteiger partial charge is 0.456 e. The number of aromatic nitrogens is 1. The van der Waals surface area contributed by atoms with Crippen LogP contribution in [0.3, 0.4) is 0 Å². The van der Waals surface area contributed by atoms with E-state index < -0.39 is 18.5 Å². The van der Waals surface area contributed by atoms with Crippen LogP contribution >= 0.6 is 31.9 Å².